The van der Waals surface area contributed by atoms with Crippen molar-refractivity contribution in [3.8, 4) is 0 Å². The largest absolute Gasteiger partial charge is 0.360 e. The number of rotatable bonds is 2. The maximum Gasteiger partial charge on any atom is 0.0702 e. The number of benzene rings is 2. The molecule has 0 saturated heterocycles. The number of hydrogen-bond donors (Lipinski definition) is 1. The molecule has 0 radical (unpaired) electrons. The third-order valence-corrected chi connectivity index (χ3v) is 4.36. The first-order valence-electron chi connectivity index (χ1n) is 6.49. The Balaban J connectivity index is 1.76. The van der Waals surface area contributed by atoms with Crippen molar-refractivity contribution in [3.63, 3.8) is 0 Å². The van der Waals surface area contributed by atoms with Gasteiger partial charge in [0.25, 0.3) is 0 Å². The number of hydrogen-bond acceptors (Lipinski definition) is 2. The van der Waals surface area contributed by atoms with E-state index in [2.05, 4.69) is 46.5 Å². The van der Waals surface area contributed by atoms with Crippen LogP contribution < -0.4 is 0 Å². The monoisotopic (exact) mass is 276 g/mol. The Bertz CT molecular complexity index is 895. The first-order chi connectivity index (χ1) is 9.90. The van der Waals surface area contributed by atoms with Crippen molar-refractivity contribution in [1.29, 1.82) is 0 Å². The van der Waals surface area contributed by atoms with Crippen LogP contribution in [0.2, 0.25) is 0 Å². The van der Waals surface area contributed by atoms with Crippen LogP contribution >= 0.6 is 11.8 Å². The molecule has 0 fully saturated rings. The number of pyridine rings is 1. The molecule has 20 heavy (non-hydrogen) atoms. The van der Waals surface area contributed by atoms with Crippen molar-refractivity contribution >= 4 is 33.6 Å². The first kappa shape index (κ1) is 11.6. The molecule has 2 heterocycles. The summed E-state index contributed by atoms with van der Waals surface area (Å²) >= 11 is 1.74. The fraction of sp³-hybridized carbons (Fsp3) is 0. The zero-order valence-electron chi connectivity index (χ0n) is 10.7. The molecule has 0 saturated carbocycles. The average Bonchev–Trinajstić information content (AvgIpc) is 2.91. The minimum absolute atomic E-state index is 1.04. The second-order valence-electron chi connectivity index (χ2n) is 4.66. The summed E-state index contributed by atoms with van der Waals surface area (Å²) in [7, 11) is 0. The Labute approximate surface area is 120 Å². The molecule has 4 aromatic rings. The quantitative estimate of drug-likeness (QED) is 0.566. The number of para-hydroxylation sites is 2. The fourth-order valence-electron chi connectivity index (χ4n) is 2.36. The van der Waals surface area contributed by atoms with Gasteiger partial charge in [0.05, 0.1) is 5.52 Å². The lowest BCUT2D eigenvalue weighted by Crippen LogP contribution is -1.79. The van der Waals surface area contributed by atoms with Crippen LogP contribution in [0.1, 0.15) is 0 Å². The molecule has 0 aliphatic heterocycles. The predicted octanol–water partition coefficient (Wildman–Crippen LogP) is 4.87. The van der Waals surface area contributed by atoms with Crippen LogP contribution in [0.15, 0.2) is 76.8 Å². The van der Waals surface area contributed by atoms with E-state index in [1.165, 1.54) is 21.2 Å². The Morgan fingerprint density at radius 2 is 1.80 bits per heavy atom. The lowest BCUT2D eigenvalue weighted by molar-refractivity contribution is 1.30. The summed E-state index contributed by atoms with van der Waals surface area (Å²) in [5.74, 6) is 0. The highest BCUT2D eigenvalue weighted by molar-refractivity contribution is 7.99. The molecular weight excluding hydrogens is 264 g/mol. The molecule has 1 N–H and O–H groups in total. The first-order valence-corrected chi connectivity index (χ1v) is 7.30. The van der Waals surface area contributed by atoms with E-state index in [0.717, 1.165) is 10.4 Å². The smallest absolute Gasteiger partial charge is 0.0702 e. The Morgan fingerprint density at radius 1 is 0.950 bits per heavy atom. The zero-order chi connectivity index (χ0) is 13.4. The number of nitrogens with zero attached hydrogens (tertiary/aromatic N) is 1. The average molecular weight is 276 g/mol. The van der Waals surface area contributed by atoms with Gasteiger partial charge in [0.1, 0.15) is 0 Å². The topological polar surface area (TPSA) is 28.7 Å². The second kappa shape index (κ2) is 4.69. The van der Waals surface area contributed by atoms with Gasteiger partial charge >= 0.3 is 0 Å². The van der Waals surface area contributed by atoms with Gasteiger partial charge in [0, 0.05) is 38.5 Å². The molecule has 0 aliphatic carbocycles. The van der Waals surface area contributed by atoms with Crippen molar-refractivity contribution in [2.45, 2.75) is 9.79 Å². The molecule has 2 aromatic carbocycles. The number of fused-ring (bicyclic) bond motifs is 2. The van der Waals surface area contributed by atoms with Gasteiger partial charge in [-0.25, -0.2) is 0 Å². The minimum atomic E-state index is 1.04. The van der Waals surface area contributed by atoms with E-state index in [0.29, 0.717) is 0 Å². The van der Waals surface area contributed by atoms with Crippen molar-refractivity contribution in [1.82, 2.24) is 9.97 Å². The molecule has 4 rings (SSSR count). The summed E-state index contributed by atoms with van der Waals surface area (Å²) < 4.78 is 0. The molecule has 0 spiro atoms. The highest BCUT2D eigenvalue weighted by atomic mass is 32.2. The molecule has 96 valence electrons. The number of aromatic nitrogens is 2. The number of nitrogens with one attached hydrogen (secondary N) is 1. The molecule has 0 unspecified atom stereocenters. The Kier molecular flexibility index (Phi) is 2.71. The van der Waals surface area contributed by atoms with Gasteiger partial charge in [0.15, 0.2) is 0 Å². The molecule has 3 heteroatoms. The third kappa shape index (κ3) is 1.96. The Hall–Kier alpha value is -2.26. The SMILES string of the molecule is c1ccc2ncc(Sc3c[nH]c4ccccc34)cc2c1. The van der Waals surface area contributed by atoms with Crippen LogP contribution in [0.3, 0.4) is 0 Å². The second-order valence-corrected chi connectivity index (χ2v) is 5.78. The van der Waals surface area contributed by atoms with E-state index in [1.54, 1.807) is 11.8 Å². The molecule has 0 amide bonds. The standard InChI is InChI=1S/C17H12N2S/c1-3-7-15-12(5-1)9-13(10-18-15)20-17-11-19-16-8-4-2-6-14(16)17/h1-11,19H. The van der Waals surface area contributed by atoms with Crippen LogP contribution in [-0.2, 0) is 0 Å². The summed E-state index contributed by atoms with van der Waals surface area (Å²) in [6.45, 7) is 0. The number of aromatic amines is 1. The lowest BCUT2D eigenvalue weighted by atomic mass is 10.2. The van der Waals surface area contributed by atoms with E-state index in [4.69, 9.17) is 0 Å². The summed E-state index contributed by atoms with van der Waals surface area (Å²) in [4.78, 5) is 10.2. The minimum Gasteiger partial charge on any atom is -0.360 e. The van der Waals surface area contributed by atoms with E-state index in [9.17, 15) is 0 Å². The van der Waals surface area contributed by atoms with Crippen LogP contribution in [-0.4, -0.2) is 9.97 Å². The maximum atomic E-state index is 4.51. The molecule has 2 aromatic heterocycles. The van der Waals surface area contributed by atoms with Gasteiger partial charge in [-0.1, -0.05) is 48.2 Å². The van der Waals surface area contributed by atoms with Gasteiger partial charge in [-0.05, 0) is 18.2 Å². The summed E-state index contributed by atoms with van der Waals surface area (Å²) in [5.41, 5.74) is 2.21. The van der Waals surface area contributed by atoms with Crippen LogP contribution in [0.4, 0.5) is 0 Å². The summed E-state index contributed by atoms with van der Waals surface area (Å²) in [5, 5.41) is 2.43. The fourth-order valence-corrected chi connectivity index (χ4v) is 3.31. The van der Waals surface area contributed by atoms with Crippen LogP contribution in [0.5, 0.6) is 0 Å². The normalized spacial score (nSPS) is 11.2. The third-order valence-electron chi connectivity index (χ3n) is 3.34. The van der Waals surface area contributed by atoms with Crippen LogP contribution in [0, 0.1) is 0 Å². The van der Waals surface area contributed by atoms with E-state index in [1.807, 2.05) is 30.5 Å². The van der Waals surface area contributed by atoms with Gasteiger partial charge in [-0.2, -0.15) is 0 Å². The van der Waals surface area contributed by atoms with Crippen LogP contribution in [0.25, 0.3) is 21.8 Å². The van der Waals surface area contributed by atoms with Crippen molar-refractivity contribution in [2.75, 3.05) is 0 Å². The van der Waals surface area contributed by atoms with E-state index >= 15 is 0 Å². The highest BCUT2D eigenvalue weighted by Gasteiger charge is 2.05. The maximum absolute atomic E-state index is 4.51. The van der Waals surface area contributed by atoms with Gasteiger partial charge in [0.2, 0.25) is 0 Å². The van der Waals surface area contributed by atoms with E-state index < -0.39 is 0 Å². The Morgan fingerprint density at radius 3 is 2.80 bits per heavy atom. The molecule has 0 aliphatic rings. The molecule has 2 nitrogen and oxygen atoms in total. The molecule has 0 atom stereocenters. The zero-order valence-corrected chi connectivity index (χ0v) is 11.5. The molecule has 0 bridgehead atoms. The predicted molar refractivity (Wildman–Crippen MR) is 84.2 cm³/mol. The molecular formula is C17H12N2S. The summed E-state index contributed by atoms with van der Waals surface area (Å²) in [6.07, 6.45) is 4.00. The van der Waals surface area contributed by atoms with Crippen molar-refractivity contribution in [3.05, 3.63) is 67.0 Å². The lowest BCUT2D eigenvalue weighted by Gasteiger charge is -2.02. The van der Waals surface area contributed by atoms with Gasteiger partial charge in [-0.15, -0.1) is 0 Å². The van der Waals surface area contributed by atoms with Crippen molar-refractivity contribution in [2.24, 2.45) is 0 Å². The van der Waals surface area contributed by atoms with Crippen molar-refractivity contribution < 1.29 is 0 Å². The van der Waals surface area contributed by atoms with E-state index in [-0.39, 0.29) is 0 Å². The highest BCUT2D eigenvalue weighted by Crippen LogP contribution is 2.34. The van der Waals surface area contributed by atoms with Gasteiger partial charge < -0.3 is 4.98 Å². The summed E-state index contributed by atoms with van der Waals surface area (Å²) in [6, 6.07) is 18.7. The van der Waals surface area contributed by atoms with Gasteiger partial charge in [-0.3, -0.25) is 4.98 Å². The number of H-pyrrole nitrogens is 1.